The molecular formula is C26H25N3O3. The molecule has 0 bridgehead atoms. The fraction of sp³-hybridized carbons (Fsp3) is 0.308. The topological polar surface area (TPSA) is 56.6 Å². The minimum absolute atomic E-state index is 0.0361. The van der Waals surface area contributed by atoms with Crippen molar-refractivity contribution in [2.45, 2.75) is 13.0 Å². The lowest BCUT2D eigenvalue weighted by molar-refractivity contribution is 0.0272. The van der Waals surface area contributed by atoms with E-state index < -0.39 is 0 Å². The molecule has 1 atom stereocenters. The Bertz CT molecular complexity index is 1330. The zero-order chi connectivity index (χ0) is 21.7. The van der Waals surface area contributed by atoms with Gasteiger partial charge in [0, 0.05) is 47.9 Å². The van der Waals surface area contributed by atoms with Gasteiger partial charge in [-0.05, 0) is 25.1 Å². The van der Waals surface area contributed by atoms with Gasteiger partial charge in [-0.15, -0.1) is 0 Å². The number of para-hydroxylation sites is 2. The van der Waals surface area contributed by atoms with Gasteiger partial charge >= 0.3 is 0 Å². The van der Waals surface area contributed by atoms with Gasteiger partial charge in [0.15, 0.2) is 5.78 Å². The summed E-state index contributed by atoms with van der Waals surface area (Å²) in [5.41, 5.74) is 4.30. The van der Waals surface area contributed by atoms with Crippen LogP contribution in [0.15, 0.2) is 54.7 Å². The molecule has 0 spiro atoms. The summed E-state index contributed by atoms with van der Waals surface area (Å²) in [7, 11) is 0. The summed E-state index contributed by atoms with van der Waals surface area (Å²) < 4.78 is 14.0. The molecule has 162 valence electrons. The van der Waals surface area contributed by atoms with Gasteiger partial charge in [0.25, 0.3) is 0 Å². The number of aromatic nitrogens is 2. The maximum atomic E-state index is 13.9. The highest BCUT2D eigenvalue weighted by atomic mass is 16.5. The quantitative estimate of drug-likeness (QED) is 0.461. The molecule has 6 nitrogen and oxygen atoms in total. The standard InChI is InChI=1S/C26H25N3O3/c1-17-24(26(30)20-9-10-27-22-7-3-2-5-19(20)22)21-6-4-8-23-25(21)29(17)18(16-32-23)15-28-11-13-31-14-12-28/h2-10,18H,11-16H2,1H3. The lowest BCUT2D eigenvalue weighted by Gasteiger charge is -2.34. The Morgan fingerprint density at radius 2 is 1.88 bits per heavy atom. The summed E-state index contributed by atoms with van der Waals surface area (Å²) >= 11 is 0. The smallest absolute Gasteiger partial charge is 0.196 e. The first-order chi connectivity index (χ1) is 15.7. The number of hydrogen-bond acceptors (Lipinski definition) is 5. The molecule has 4 heterocycles. The Morgan fingerprint density at radius 1 is 1.06 bits per heavy atom. The van der Waals surface area contributed by atoms with Crippen molar-refractivity contribution in [1.82, 2.24) is 14.5 Å². The molecule has 6 heteroatoms. The van der Waals surface area contributed by atoms with E-state index in [9.17, 15) is 4.79 Å². The van der Waals surface area contributed by atoms with Gasteiger partial charge < -0.3 is 14.0 Å². The number of benzene rings is 2. The molecule has 2 aromatic carbocycles. The average molecular weight is 428 g/mol. The van der Waals surface area contributed by atoms with Crippen LogP contribution in [0, 0.1) is 6.92 Å². The summed E-state index contributed by atoms with van der Waals surface area (Å²) in [6, 6.07) is 15.8. The van der Waals surface area contributed by atoms with Crippen LogP contribution in [0.5, 0.6) is 5.75 Å². The molecule has 0 amide bonds. The predicted molar refractivity (Wildman–Crippen MR) is 124 cm³/mol. The van der Waals surface area contributed by atoms with E-state index in [4.69, 9.17) is 9.47 Å². The second-order valence-corrected chi connectivity index (χ2v) is 8.57. The Kier molecular flexibility index (Phi) is 4.70. The normalized spacial score (nSPS) is 18.7. The summed E-state index contributed by atoms with van der Waals surface area (Å²) in [4.78, 5) is 20.8. The van der Waals surface area contributed by atoms with Crippen molar-refractivity contribution in [2.24, 2.45) is 0 Å². The summed E-state index contributed by atoms with van der Waals surface area (Å²) in [5.74, 6) is 0.886. The van der Waals surface area contributed by atoms with Gasteiger partial charge in [0.2, 0.25) is 0 Å². The van der Waals surface area contributed by atoms with E-state index in [0.29, 0.717) is 12.2 Å². The Hall–Kier alpha value is -3.22. The number of carbonyl (C=O) groups is 1. The van der Waals surface area contributed by atoms with Crippen molar-refractivity contribution >= 4 is 27.6 Å². The van der Waals surface area contributed by atoms with E-state index in [0.717, 1.165) is 71.7 Å². The Labute approximate surface area is 186 Å². The zero-order valence-electron chi connectivity index (χ0n) is 18.1. The fourth-order valence-corrected chi connectivity index (χ4v) is 5.22. The number of ether oxygens (including phenoxy) is 2. The van der Waals surface area contributed by atoms with Gasteiger partial charge in [0.1, 0.15) is 12.4 Å². The summed E-state index contributed by atoms with van der Waals surface area (Å²) in [6.45, 7) is 6.94. The minimum Gasteiger partial charge on any atom is -0.489 e. The molecular weight excluding hydrogens is 402 g/mol. The first-order valence-electron chi connectivity index (χ1n) is 11.2. The van der Waals surface area contributed by atoms with Crippen LogP contribution in [0.25, 0.3) is 21.8 Å². The van der Waals surface area contributed by atoms with Crippen LogP contribution in [0.1, 0.15) is 27.7 Å². The highest BCUT2D eigenvalue weighted by Crippen LogP contribution is 2.40. The number of fused-ring (bicyclic) bond motifs is 1. The molecule has 6 rings (SSSR count). The van der Waals surface area contributed by atoms with Crippen molar-refractivity contribution in [1.29, 1.82) is 0 Å². The van der Waals surface area contributed by atoms with Crippen LogP contribution in [-0.4, -0.2) is 59.7 Å². The SMILES string of the molecule is Cc1c(C(=O)c2ccnc3ccccc23)c2cccc3c2n1C(CN1CCOCC1)CO3. The van der Waals surface area contributed by atoms with E-state index >= 15 is 0 Å². The van der Waals surface area contributed by atoms with Gasteiger partial charge in [-0.1, -0.05) is 30.3 Å². The number of pyridine rings is 1. The second-order valence-electron chi connectivity index (χ2n) is 8.57. The third-order valence-electron chi connectivity index (χ3n) is 6.72. The van der Waals surface area contributed by atoms with Gasteiger partial charge in [0.05, 0.1) is 35.9 Å². The van der Waals surface area contributed by atoms with E-state index in [1.807, 2.05) is 48.5 Å². The Balaban J connectivity index is 1.50. The number of ketones is 1. The first-order valence-corrected chi connectivity index (χ1v) is 11.2. The Morgan fingerprint density at radius 3 is 2.75 bits per heavy atom. The molecule has 32 heavy (non-hydrogen) atoms. The number of morpholine rings is 1. The molecule has 1 fully saturated rings. The molecule has 2 aliphatic heterocycles. The predicted octanol–water partition coefficient (Wildman–Crippen LogP) is 3.99. The largest absolute Gasteiger partial charge is 0.489 e. The maximum absolute atomic E-state index is 13.9. The number of nitrogens with zero attached hydrogens (tertiary/aromatic N) is 3. The average Bonchev–Trinajstić information content (AvgIpc) is 3.14. The van der Waals surface area contributed by atoms with Crippen molar-refractivity contribution in [2.75, 3.05) is 39.5 Å². The number of carbonyl (C=O) groups excluding carboxylic acids is 1. The zero-order valence-corrected chi connectivity index (χ0v) is 18.1. The van der Waals surface area contributed by atoms with Gasteiger partial charge in [-0.3, -0.25) is 14.7 Å². The van der Waals surface area contributed by atoms with Crippen LogP contribution in [-0.2, 0) is 4.74 Å². The number of hydrogen-bond donors (Lipinski definition) is 0. The lowest BCUT2D eigenvalue weighted by Crippen LogP contribution is -2.42. The van der Waals surface area contributed by atoms with Crippen molar-refractivity contribution in [3.05, 3.63) is 71.5 Å². The fourth-order valence-electron chi connectivity index (χ4n) is 5.22. The summed E-state index contributed by atoms with van der Waals surface area (Å²) in [5, 5.41) is 1.84. The molecule has 4 aromatic rings. The van der Waals surface area contributed by atoms with Crippen molar-refractivity contribution < 1.29 is 14.3 Å². The van der Waals surface area contributed by atoms with Crippen LogP contribution in [0.4, 0.5) is 0 Å². The molecule has 0 N–H and O–H groups in total. The summed E-state index contributed by atoms with van der Waals surface area (Å²) in [6.07, 6.45) is 1.72. The van der Waals surface area contributed by atoms with Crippen LogP contribution in [0.3, 0.4) is 0 Å². The van der Waals surface area contributed by atoms with E-state index in [1.54, 1.807) is 6.20 Å². The van der Waals surface area contributed by atoms with Crippen LogP contribution < -0.4 is 4.74 Å². The van der Waals surface area contributed by atoms with Crippen molar-refractivity contribution in [3.8, 4) is 5.75 Å². The van der Waals surface area contributed by atoms with Crippen LogP contribution >= 0.6 is 0 Å². The highest BCUT2D eigenvalue weighted by Gasteiger charge is 2.31. The molecule has 0 aliphatic carbocycles. The van der Waals surface area contributed by atoms with E-state index in [2.05, 4.69) is 21.4 Å². The highest BCUT2D eigenvalue weighted by molar-refractivity contribution is 6.22. The third kappa shape index (κ3) is 3.02. The molecule has 1 saturated heterocycles. The van der Waals surface area contributed by atoms with Gasteiger partial charge in [-0.2, -0.15) is 0 Å². The molecule has 2 aliphatic rings. The van der Waals surface area contributed by atoms with Crippen LogP contribution in [0.2, 0.25) is 0 Å². The first kappa shape index (κ1) is 19.5. The minimum atomic E-state index is 0.0361. The van der Waals surface area contributed by atoms with E-state index in [1.165, 1.54) is 0 Å². The molecule has 1 unspecified atom stereocenters. The maximum Gasteiger partial charge on any atom is 0.196 e. The monoisotopic (exact) mass is 427 g/mol. The molecule has 0 radical (unpaired) electrons. The molecule has 2 aromatic heterocycles. The third-order valence-corrected chi connectivity index (χ3v) is 6.72. The lowest BCUT2D eigenvalue weighted by atomic mass is 9.97. The second kappa shape index (κ2) is 7.73. The van der Waals surface area contributed by atoms with Gasteiger partial charge in [-0.25, -0.2) is 0 Å². The van der Waals surface area contributed by atoms with Crippen molar-refractivity contribution in [3.63, 3.8) is 0 Å². The molecule has 0 saturated carbocycles. The number of rotatable bonds is 4. The van der Waals surface area contributed by atoms with E-state index in [-0.39, 0.29) is 11.8 Å².